The Balaban J connectivity index is 2.07. The molecule has 1 saturated heterocycles. The highest BCUT2D eigenvalue weighted by Crippen LogP contribution is 2.21. The van der Waals surface area contributed by atoms with Crippen molar-refractivity contribution in [2.45, 2.75) is 12.8 Å². The van der Waals surface area contributed by atoms with Crippen molar-refractivity contribution in [1.29, 1.82) is 0 Å². The Morgan fingerprint density at radius 2 is 2.35 bits per heavy atom. The lowest BCUT2D eigenvalue weighted by molar-refractivity contribution is -0.123. The molecule has 0 radical (unpaired) electrons. The van der Waals surface area contributed by atoms with Gasteiger partial charge in [0.25, 0.3) is 5.91 Å². The third-order valence-electron chi connectivity index (χ3n) is 3.25. The van der Waals surface area contributed by atoms with Crippen LogP contribution in [0, 0.1) is 17.8 Å². The smallest absolute Gasteiger partial charge is 0.254 e. The molecule has 1 aromatic heterocycles. The predicted octanol–water partition coefficient (Wildman–Crippen LogP) is 0.429. The van der Waals surface area contributed by atoms with Crippen molar-refractivity contribution >= 4 is 23.2 Å². The normalized spacial score (nSPS) is 18.2. The summed E-state index contributed by atoms with van der Waals surface area (Å²) in [7, 11) is 0. The van der Waals surface area contributed by atoms with Crippen molar-refractivity contribution in [2.24, 2.45) is 11.7 Å². The number of primary amides is 1. The molecule has 20 heavy (non-hydrogen) atoms. The summed E-state index contributed by atoms with van der Waals surface area (Å²) in [6.45, 7) is 0.839. The van der Waals surface area contributed by atoms with Crippen molar-refractivity contribution in [3.63, 3.8) is 0 Å². The number of amides is 2. The molecule has 5 nitrogen and oxygen atoms in total. The van der Waals surface area contributed by atoms with Crippen LogP contribution in [0.3, 0.4) is 0 Å². The number of carbonyl (C=O) groups is 2. The Morgan fingerprint density at radius 3 is 3.05 bits per heavy atom. The van der Waals surface area contributed by atoms with Crippen LogP contribution in [0.2, 0.25) is 0 Å². The van der Waals surface area contributed by atoms with Crippen LogP contribution in [0.5, 0.6) is 0 Å². The van der Waals surface area contributed by atoms with Crippen LogP contribution in [0.25, 0.3) is 0 Å². The lowest BCUT2D eigenvalue weighted by Crippen LogP contribution is -2.44. The molecule has 2 amide bonds. The van der Waals surface area contributed by atoms with Crippen LogP contribution in [0.4, 0.5) is 0 Å². The number of carbonyl (C=O) groups excluding carboxylic acids is 2. The predicted molar refractivity (Wildman–Crippen MR) is 76.1 cm³/mol. The van der Waals surface area contributed by atoms with E-state index in [1.165, 1.54) is 11.3 Å². The van der Waals surface area contributed by atoms with Crippen LogP contribution < -0.4 is 5.73 Å². The van der Waals surface area contributed by atoms with E-state index in [4.69, 9.17) is 10.8 Å². The number of rotatable bonds is 2. The molecule has 6 heteroatoms. The van der Waals surface area contributed by atoms with Gasteiger partial charge >= 0.3 is 0 Å². The Hall–Kier alpha value is -1.84. The number of piperidine rings is 1. The van der Waals surface area contributed by atoms with Gasteiger partial charge in [0.2, 0.25) is 5.91 Å². The number of hydrogen-bond donors (Lipinski definition) is 2. The molecule has 0 bridgehead atoms. The molecule has 2 heterocycles. The maximum atomic E-state index is 12.3. The van der Waals surface area contributed by atoms with E-state index in [0.29, 0.717) is 18.7 Å². The monoisotopic (exact) mass is 292 g/mol. The quantitative estimate of drug-likeness (QED) is 0.775. The van der Waals surface area contributed by atoms with Crippen LogP contribution >= 0.6 is 11.3 Å². The second kappa shape index (κ2) is 6.55. The van der Waals surface area contributed by atoms with Crippen LogP contribution in [-0.4, -0.2) is 41.5 Å². The van der Waals surface area contributed by atoms with E-state index >= 15 is 0 Å². The second-order valence-corrected chi connectivity index (χ2v) is 5.56. The number of nitrogens with two attached hydrogens (primary N) is 1. The van der Waals surface area contributed by atoms with Gasteiger partial charge in [-0.15, -0.1) is 11.3 Å². The highest BCUT2D eigenvalue weighted by molar-refractivity contribution is 7.10. The van der Waals surface area contributed by atoms with E-state index in [1.807, 2.05) is 0 Å². The third kappa shape index (κ3) is 3.38. The van der Waals surface area contributed by atoms with Crippen LogP contribution in [0.1, 0.15) is 28.1 Å². The molecule has 2 rings (SSSR count). The highest BCUT2D eigenvalue weighted by atomic mass is 32.1. The lowest BCUT2D eigenvalue weighted by atomic mass is 9.97. The minimum Gasteiger partial charge on any atom is -0.384 e. The van der Waals surface area contributed by atoms with E-state index in [9.17, 15) is 9.59 Å². The molecule has 1 fully saturated rings. The molecule has 0 aliphatic carbocycles. The first-order valence-corrected chi connectivity index (χ1v) is 7.26. The minimum absolute atomic E-state index is 0.0933. The summed E-state index contributed by atoms with van der Waals surface area (Å²) in [5.74, 6) is 4.63. The first kappa shape index (κ1) is 14.6. The molecule has 1 aromatic rings. The topological polar surface area (TPSA) is 83.6 Å². The van der Waals surface area contributed by atoms with Gasteiger partial charge in [-0.1, -0.05) is 11.8 Å². The third-order valence-corrected chi connectivity index (χ3v) is 4.09. The molecular formula is C14H16N2O3S. The molecule has 1 aliphatic heterocycles. The fourth-order valence-electron chi connectivity index (χ4n) is 2.22. The first-order chi connectivity index (χ1) is 9.61. The van der Waals surface area contributed by atoms with Gasteiger partial charge in [0, 0.05) is 18.5 Å². The summed E-state index contributed by atoms with van der Waals surface area (Å²) in [6.07, 6.45) is 1.54. The number of likely N-dealkylation sites (tertiary alicyclic amines) is 1. The van der Waals surface area contributed by atoms with E-state index in [-0.39, 0.29) is 24.3 Å². The molecule has 1 atom stereocenters. The Bertz CT molecular complexity index is 570. The number of thiophene rings is 1. The van der Waals surface area contributed by atoms with Crippen molar-refractivity contribution in [3.8, 4) is 11.8 Å². The maximum Gasteiger partial charge on any atom is 0.254 e. The summed E-state index contributed by atoms with van der Waals surface area (Å²) < 4.78 is 0. The van der Waals surface area contributed by atoms with Gasteiger partial charge in [-0.25, -0.2) is 0 Å². The molecule has 106 valence electrons. The van der Waals surface area contributed by atoms with Gasteiger partial charge in [0.15, 0.2) is 0 Å². The number of nitrogens with zero attached hydrogens (tertiary/aromatic N) is 1. The molecule has 3 N–H and O–H groups in total. The summed E-state index contributed by atoms with van der Waals surface area (Å²) in [5.41, 5.74) is 5.88. The molecule has 1 unspecified atom stereocenters. The zero-order valence-corrected chi connectivity index (χ0v) is 11.8. The minimum atomic E-state index is -0.345. The molecular weight excluding hydrogens is 276 g/mol. The van der Waals surface area contributed by atoms with Gasteiger partial charge in [-0.05, 0) is 18.9 Å². The summed E-state index contributed by atoms with van der Waals surface area (Å²) >= 11 is 1.37. The van der Waals surface area contributed by atoms with Crippen molar-refractivity contribution in [2.75, 3.05) is 19.7 Å². The zero-order valence-electron chi connectivity index (χ0n) is 11.0. The standard InChI is InChI=1S/C14H16N2O3S/c15-13(18)10-3-1-5-16(8-10)14(19)11-7-12(20-9-11)4-2-6-17/h7,9-10,17H,1,3,5-6,8H2,(H2,15,18). The number of aliphatic hydroxyl groups excluding tert-OH is 1. The van der Waals surface area contributed by atoms with Gasteiger partial charge < -0.3 is 15.7 Å². The summed E-state index contributed by atoms with van der Waals surface area (Å²) in [4.78, 5) is 26.0. The SMILES string of the molecule is NC(=O)C1CCCN(C(=O)c2csc(C#CCO)c2)C1. The van der Waals surface area contributed by atoms with Crippen LogP contribution in [-0.2, 0) is 4.79 Å². The van der Waals surface area contributed by atoms with Gasteiger partial charge in [0.05, 0.1) is 16.4 Å². The maximum absolute atomic E-state index is 12.3. The largest absolute Gasteiger partial charge is 0.384 e. The Labute approximate surface area is 121 Å². The molecule has 0 aromatic carbocycles. The van der Waals surface area contributed by atoms with Gasteiger partial charge in [-0.2, -0.15) is 0 Å². The van der Waals surface area contributed by atoms with Crippen molar-refractivity contribution < 1.29 is 14.7 Å². The van der Waals surface area contributed by atoms with Crippen molar-refractivity contribution in [3.05, 3.63) is 21.9 Å². The second-order valence-electron chi connectivity index (χ2n) is 4.65. The summed E-state index contributed by atoms with van der Waals surface area (Å²) in [5, 5.41) is 10.4. The molecule has 1 aliphatic rings. The molecule has 0 spiro atoms. The zero-order chi connectivity index (χ0) is 14.5. The first-order valence-electron chi connectivity index (χ1n) is 6.38. The van der Waals surface area contributed by atoms with Gasteiger partial charge in [-0.3, -0.25) is 9.59 Å². The van der Waals surface area contributed by atoms with E-state index in [0.717, 1.165) is 17.7 Å². The van der Waals surface area contributed by atoms with E-state index in [2.05, 4.69) is 11.8 Å². The fraction of sp³-hybridized carbons (Fsp3) is 0.429. The molecule has 0 saturated carbocycles. The van der Waals surface area contributed by atoms with Gasteiger partial charge in [0.1, 0.15) is 6.61 Å². The number of hydrogen-bond acceptors (Lipinski definition) is 4. The fourth-order valence-corrected chi connectivity index (χ4v) is 2.97. The number of aliphatic hydroxyl groups is 1. The van der Waals surface area contributed by atoms with Crippen LogP contribution in [0.15, 0.2) is 11.4 Å². The van der Waals surface area contributed by atoms with Crippen molar-refractivity contribution in [1.82, 2.24) is 4.90 Å². The van der Waals surface area contributed by atoms with E-state index in [1.54, 1.807) is 16.3 Å². The highest BCUT2D eigenvalue weighted by Gasteiger charge is 2.27. The average Bonchev–Trinajstić information content (AvgIpc) is 2.93. The van der Waals surface area contributed by atoms with E-state index < -0.39 is 0 Å². The lowest BCUT2D eigenvalue weighted by Gasteiger charge is -2.31. The average molecular weight is 292 g/mol. The summed E-state index contributed by atoms with van der Waals surface area (Å²) in [6, 6.07) is 1.71. The Morgan fingerprint density at radius 1 is 1.55 bits per heavy atom. The Kier molecular flexibility index (Phi) is 4.77.